The molecule has 2 aromatic carbocycles. The first-order valence-electron chi connectivity index (χ1n) is 8.42. The molecule has 2 amide bonds. The van der Waals surface area contributed by atoms with Gasteiger partial charge in [0.15, 0.2) is 6.61 Å². The number of benzene rings is 2. The van der Waals surface area contributed by atoms with E-state index in [2.05, 4.69) is 5.32 Å². The zero-order chi connectivity index (χ0) is 19.8. The molecule has 0 saturated carbocycles. The highest BCUT2D eigenvalue weighted by Crippen LogP contribution is 2.36. The largest absolute Gasteiger partial charge is 0.507 e. The Morgan fingerprint density at radius 2 is 1.85 bits per heavy atom. The number of nitrogens with one attached hydrogen (secondary N) is 1. The molecule has 2 N–H and O–H groups in total. The van der Waals surface area contributed by atoms with Crippen molar-refractivity contribution >= 4 is 29.2 Å². The molecule has 27 heavy (non-hydrogen) atoms. The van der Waals surface area contributed by atoms with Crippen LogP contribution in [0.3, 0.4) is 0 Å². The maximum absolute atomic E-state index is 12.8. The first-order valence-corrected chi connectivity index (χ1v) is 8.42. The van der Waals surface area contributed by atoms with E-state index in [1.807, 2.05) is 0 Å². The van der Waals surface area contributed by atoms with Gasteiger partial charge in [0, 0.05) is 0 Å². The Bertz CT molecular complexity index is 936. The number of rotatable bonds is 3. The fourth-order valence-corrected chi connectivity index (χ4v) is 2.99. The van der Waals surface area contributed by atoms with Crippen LogP contribution in [0.4, 0.5) is 11.4 Å². The molecule has 1 aliphatic heterocycles. The summed E-state index contributed by atoms with van der Waals surface area (Å²) in [6, 6.07) is 11.6. The van der Waals surface area contributed by atoms with Crippen LogP contribution in [-0.2, 0) is 14.3 Å². The highest BCUT2D eigenvalue weighted by molar-refractivity contribution is 6.14. The molecule has 0 bridgehead atoms. The molecule has 1 aliphatic rings. The monoisotopic (exact) mass is 368 g/mol. The number of carbonyl (C=O) groups is 3. The molecular formula is C20H20N2O5. The predicted molar refractivity (Wildman–Crippen MR) is 99.8 cm³/mol. The number of amides is 2. The Hall–Kier alpha value is -3.35. The lowest BCUT2D eigenvalue weighted by Crippen LogP contribution is -2.59. The number of nitrogens with zero attached hydrogens (tertiary/aromatic N) is 1. The van der Waals surface area contributed by atoms with Crippen LogP contribution in [0, 0.1) is 6.92 Å². The second kappa shape index (κ2) is 6.75. The Balaban J connectivity index is 1.82. The Morgan fingerprint density at radius 3 is 2.59 bits per heavy atom. The van der Waals surface area contributed by atoms with Crippen LogP contribution in [0.25, 0.3) is 0 Å². The van der Waals surface area contributed by atoms with E-state index in [9.17, 15) is 19.5 Å². The second-order valence-corrected chi connectivity index (χ2v) is 6.81. The van der Waals surface area contributed by atoms with Crippen molar-refractivity contribution in [3.63, 3.8) is 0 Å². The standard InChI is InChI=1S/C20H20N2O5/c1-12-7-6-8-13(17(12)24)18(25)27-11-16(23)22-15-10-5-4-9-14(15)21-19(26)20(22,2)3/h4-10,24H,11H2,1-3H3,(H,21,26). The molecule has 0 fully saturated rings. The number of aryl methyl sites for hydroxylation is 1. The van der Waals surface area contributed by atoms with Gasteiger partial charge >= 0.3 is 5.97 Å². The smallest absolute Gasteiger partial charge is 0.342 e. The summed E-state index contributed by atoms with van der Waals surface area (Å²) in [5, 5.41) is 12.7. The van der Waals surface area contributed by atoms with Crippen molar-refractivity contribution in [2.24, 2.45) is 0 Å². The minimum absolute atomic E-state index is 0.0150. The van der Waals surface area contributed by atoms with Gasteiger partial charge in [-0.2, -0.15) is 0 Å². The summed E-state index contributed by atoms with van der Waals surface area (Å²) in [5.74, 6) is -1.87. The number of phenolic OH excluding ortho intramolecular Hbond substituents is 1. The van der Waals surface area contributed by atoms with Crippen LogP contribution < -0.4 is 10.2 Å². The van der Waals surface area contributed by atoms with E-state index in [-0.39, 0.29) is 17.2 Å². The van der Waals surface area contributed by atoms with E-state index in [4.69, 9.17) is 4.74 Å². The quantitative estimate of drug-likeness (QED) is 0.812. The zero-order valence-corrected chi connectivity index (χ0v) is 15.3. The molecule has 0 spiro atoms. The molecule has 7 nitrogen and oxygen atoms in total. The summed E-state index contributed by atoms with van der Waals surface area (Å²) < 4.78 is 5.10. The van der Waals surface area contributed by atoms with Crippen molar-refractivity contribution in [2.75, 3.05) is 16.8 Å². The van der Waals surface area contributed by atoms with Gasteiger partial charge in [0.05, 0.1) is 11.4 Å². The van der Waals surface area contributed by atoms with Crippen LogP contribution >= 0.6 is 0 Å². The number of fused-ring (bicyclic) bond motifs is 1. The van der Waals surface area contributed by atoms with Gasteiger partial charge in [-0.05, 0) is 44.5 Å². The molecule has 0 atom stereocenters. The van der Waals surface area contributed by atoms with Crippen LogP contribution in [0.1, 0.15) is 29.8 Å². The number of phenols is 1. The maximum atomic E-state index is 12.8. The molecule has 0 unspecified atom stereocenters. The molecule has 0 saturated heterocycles. The minimum atomic E-state index is -1.15. The van der Waals surface area contributed by atoms with Gasteiger partial charge in [-0.25, -0.2) is 4.79 Å². The van der Waals surface area contributed by atoms with Gasteiger partial charge in [0.25, 0.3) is 5.91 Å². The fourth-order valence-electron chi connectivity index (χ4n) is 2.99. The molecule has 0 aliphatic carbocycles. The van der Waals surface area contributed by atoms with Gasteiger partial charge in [-0.3, -0.25) is 14.5 Å². The van der Waals surface area contributed by atoms with Gasteiger partial charge in [-0.1, -0.05) is 24.3 Å². The van der Waals surface area contributed by atoms with E-state index in [0.29, 0.717) is 16.9 Å². The molecular weight excluding hydrogens is 348 g/mol. The summed E-state index contributed by atoms with van der Waals surface area (Å²) in [6.45, 7) is 4.33. The second-order valence-electron chi connectivity index (χ2n) is 6.81. The third kappa shape index (κ3) is 3.23. The number of anilines is 2. The van der Waals surface area contributed by atoms with Gasteiger partial charge in [0.1, 0.15) is 16.9 Å². The lowest BCUT2D eigenvalue weighted by molar-refractivity contribution is -0.128. The molecule has 3 rings (SSSR count). The summed E-state index contributed by atoms with van der Waals surface area (Å²) in [7, 11) is 0. The van der Waals surface area contributed by atoms with Crippen LogP contribution in [-0.4, -0.2) is 35.0 Å². The zero-order valence-electron chi connectivity index (χ0n) is 15.3. The number of aromatic hydroxyl groups is 1. The molecule has 2 aromatic rings. The van der Waals surface area contributed by atoms with Gasteiger partial charge < -0.3 is 15.2 Å². The summed E-state index contributed by atoms with van der Waals surface area (Å²) >= 11 is 0. The molecule has 0 aromatic heterocycles. The highest BCUT2D eigenvalue weighted by Gasteiger charge is 2.43. The fraction of sp³-hybridized carbons (Fsp3) is 0.250. The summed E-state index contributed by atoms with van der Waals surface area (Å²) in [6.07, 6.45) is 0. The molecule has 0 radical (unpaired) electrons. The van der Waals surface area contributed by atoms with Crippen molar-refractivity contribution in [3.05, 3.63) is 53.6 Å². The number of hydrogen-bond acceptors (Lipinski definition) is 5. The van der Waals surface area contributed by atoms with E-state index in [1.54, 1.807) is 57.2 Å². The topological polar surface area (TPSA) is 95.9 Å². The average molecular weight is 368 g/mol. The van der Waals surface area contributed by atoms with Crippen molar-refractivity contribution in [3.8, 4) is 5.75 Å². The first kappa shape index (κ1) is 18.4. The third-order valence-corrected chi connectivity index (χ3v) is 4.54. The minimum Gasteiger partial charge on any atom is -0.507 e. The Kier molecular flexibility index (Phi) is 4.61. The van der Waals surface area contributed by atoms with Gasteiger partial charge in [0.2, 0.25) is 5.91 Å². The van der Waals surface area contributed by atoms with Crippen LogP contribution in [0.2, 0.25) is 0 Å². The normalized spacial score (nSPS) is 14.9. The molecule has 140 valence electrons. The number of carbonyl (C=O) groups excluding carboxylic acids is 3. The Labute approximate surface area is 156 Å². The number of hydrogen-bond donors (Lipinski definition) is 2. The average Bonchev–Trinajstić information content (AvgIpc) is 2.62. The Morgan fingerprint density at radius 1 is 1.15 bits per heavy atom. The number of esters is 1. The maximum Gasteiger partial charge on any atom is 0.342 e. The lowest BCUT2D eigenvalue weighted by Gasteiger charge is -2.41. The van der Waals surface area contributed by atoms with Gasteiger partial charge in [-0.15, -0.1) is 0 Å². The summed E-state index contributed by atoms with van der Waals surface area (Å²) in [4.78, 5) is 38.8. The predicted octanol–water partition coefficient (Wildman–Crippen LogP) is 2.62. The van der Waals surface area contributed by atoms with Crippen LogP contribution in [0.15, 0.2) is 42.5 Å². The van der Waals surface area contributed by atoms with Crippen molar-refractivity contribution < 1.29 is 24.2 Å². The number of para-hydroxylation sites is 3. The van der Waals surface area contributed by atoms with E-state index in [0.717, 1.165) is 0 Å². The molecule has 7 heteroatoms. The first-order chi connectivity index (χ1) is 12.7. The van der Waals surface area contributed by atoms with E-state index in [1.165, 1.54) is 11.0 Å². The number of ether oxygens (including phenoxy) is 1. The molecule has 1 heterocycles. The van der Waals surface area contributed by atoms with Crippen LogP contribution in [0.5, 0.6) is 5.75 Å². The van der Waals surface area contributed by atoms with Crippen molar-refractivity contribution in [1.29, 1.82) is 0 Å². The third-order valence-electron chi connectivity index (χ3n) is 4.54. The van der Waals surface area contributed by atoms with Crippen molar-refractivity contribution in [1.82, 2.24) is 0 Å². The van der Waals surface area contributed by atoms with Crippen molar-refractivity contribution in [2.45, 2.75) is 26.3 Å². The SMILES string of the molecule is Cc1cccc(C(=O)OCC(=O)N2c3ccccc3NC(=O)C2(C)C)c1O. The summed E-state index contributed by atoms with van der Waals surface area (Å²) in [5.41, 5.74) is 0.403. The lowest BCUT2D eigenvalue weighted by atomic mass is 9.96. The highest BCUT2D eigenvalue weighted by atomic mass is 16.5. The van der Waals surface area contributed by atoms with E-state index >= 15 is 0 Å². The van der Waals surface area contributed by atoms with E-state index < -0.39 is 24.0 Å².